The third-order valence-corrected chi connectivity index (χ3v) is 5.63. The Labute approximate surface area is 176 Å². The Balaban J connectivity index is 1.61. The largest absolute Gasteiger partial charge is 0.390 e. The Kier molecular flexibility index (Phi) is 5.56. The molecule has 158 valence electrons. The molecule has 0 saturated heterocycles. The molecule has 0 aliphatic heterocycles. The van der Waals surface area contributed by atoms with Crippen molar-refractivity contribution < 1.29 is 20.1 Å². The van der Waals surface area contributed by atoms with Gasteiger partial charge in [-0.15, -0.1) is 0 Å². The van der Waals surface area contributed by atoms with Crippen molar-refractivity contribution in [1.82, 2.24) is 25.2 Å². The number of hydrazine groups is 1. The van der Waals surface area contributed by atoms with E-state index in [-0.39, 0.29) is 12.3 Å². The van der Waals surface area contributed by atoms with Gasteiger partial charge in [0.25, 0.3) is 0 Å². The standard InChI is InChI=1S/C19H21ClN6O4/c1-9(27)24-25-18-13-7-23-26(19(13)22-8-21-18)14-6-12(16(29)17(14)30)15(28)10-2-4-11(20)5-3-10/h2-5,7-8,12,14-17,28-30H,6H2,1H3,(H,24,27)(H,21,22,25)/t12-,14-,15-,16-,17+/m1/s1. The number of aliphatic hydroxyl groups excluding tert-OH is 3. The van der Waals surface area contributed by atoms with E-state index in [1.54, 1.807) is 24.3 Å². The molecule has 5 N–H and O–H groups in total. The third kappa shape index (κ3) is 3.70. The maximum atomic E-state index is 11.2. The molecule has 11 heteroatoms. The first-order valence-electron chi connectivity index (χ1n) is 9.37. The normalized spacial score (nSPS) is 24.7. The van der Waals surface area contributed by atoms with Crippen molar-refractivity contribution in [2.24, 2.45) is 5.92 Å². The zero-order valence-corrected chi connectivity index (χ0v) is 16.7. The summed E-state index contributed by atoms with van der Waals surface area (Å²) >= 11 is 5.90. The summed E-state index contributed by atoms with van der Waals surface area (Å²) in [5, 5.41) is 37.5. The molecule has 0 unspecified atom stereocenters. The Morgan fingerprint density at radius 2 is 1.97 bits per heavy atom. The van der Waals surface area contributed by atoms with Crippen molar-refractivity contribution in [1.29, 1.82) is 0 Å². The number of carbonyl (C=O) groups excluding carboxylic acids is 1. The lowest BCUT2D eigenvalue weighted by Crippen LogP contribution is -2.31. The summed E-state index contributed by atoms with van der Waals surface area (Å²) in [5.41, 5.74) is 6.17. The molecule has 5 atom stereocenters. The number of nitrogens with zero attached hydrogens (tertiary/aromatic N) is 4. The van der Waals surface area contributed by atoms with Crippen LogP contribution in [0.4, 0.5) is 5.82 Å². The Hall–Kier alpha value is -2.79. The summed E-state index contributed by atoms with van der Waals surface area (Å²) < 4.78 is 1.51. The Morgan fingerprint density at radius 3 is 2.67 bits per heavy atom. The second-order valence-corrected chi connectivity index (χ2v) is 7.74. The van der Waals surface area contributed by atoms with Gasteiger partial charge in [-0.25, -0.2) is 14.6 Å². The van der Waals surface area contributed by atoms with Crippen molar-refractivity contribution in [3.63, 3.8) is 0 Å². The number of halogens is 1. The second kappa shape index (κ2) is 8.15. The van der Waals surface area contributed by atoms with Crippen molar-refractivity contribution in [3.8, 4) is 0 Å². The molecule has 0 bridgehead atoms. The molecule has 1 fully saturated rings. The molecule has 1 aliphatic rings. The summed E-state index contributed by atoms with van der Waals surface area (Å²) in [4.78, 5) is 19.5. The van der Waals surface area contributed by atoms with Gasteiger partial charge in [0.15, 0.2) is 11.5 Å². The Bertz CT molecular complexity index is 1060. The summed E-state index contributed by atoms with van der Waals surface area (Å²) in [6.45, 7) is 1.36. The van der Waals surface area contributed by atoms with E-state index in [4.69, 9.17) is 11.6 Å². The first-order chi connectivity index (χ1) is 14.4. The monoisotopic (exact) mass is 432 g/mol. The first-order valence-corrected chi connectivity index (χ1v) is 9.75. The zero-order chi connectivity index (χ0) is 21.4. The zero-order valence-electron chi connectivity index (χ0n) is 16.0. The summed E-state index contributed by atoms with van der Waals surface area (Å²) in [6.07, 6.45) is -0.184. The van der Waals surface area contributed by atoms with Crippen LogP contribution in [0.2, 0.25) is 5.02 Å². The van der Waals surface area contributed by atoms with Crippen LogP contribution in [0.25, 0.3) is 11.0 Å². The van der Waals surface area contributed by atoms with Crippen molar-refractivity contribution in [3.05, 3.63) is 47.4 Å². The van der Waals surface area contributed by atoms with Crippen molar-refractivity contribution in [2.75, 3.05) is 5.43 Å². The van der Waals surface area contributed by atoms with Gasteiger partial charge in [0.1, 0.15) is 12.4 Å². The number of aliphatic hydroxyl groups is 3. The number of hydrogen-bond acceptors (Lipinski definition) is 8. The molecule has 1 aliphatic carbocycles. The van der Waals surface area contributed by atoms with Gasteiger partial charge in [-0.1, -0.05) is 23.7 Å². The van der Waals surface area contributed by atoms with Crippen LogP contribution in [0.5, 0.6) is 0 Å². The average Bonchev–Trinajstić information content (AvgIpc) is 3.28. The molecule has 10 nitrogen and oxygen atoms in total. The van der Waals surface area contributed by atoms with E-state index >= 15 is 0 Å². The van der Waals surface area contributed by atoms with E-state index in [9.17, 15) is 20.1 Å². The van der Waals surface area contributed by atoms with E-state index in [1.165, 1.54) is 24.1 Å². The lowest BCUT2D eigenvalue weighted by Gasteiger charge is -2.22. The molecule has 30 heavy (non-hydrogen) atoms. The summed E-state index contributed by atoms with van der Waals surface area (Å²) in [7, 11) is 0. The number of nitrogens with one attached hydrogen (secondary N) is 2. The lowest BCUT2D eigenvalue weighted by molar-refractivity contribution is -0.118. The fourth-order valence-electron chi connectivity index (χ4n) is 3.86. The van der Waals surface area contributed by atoms with E-state index in [1.807, 2.05) is 0 Å². The first kappa shape index (κ1) is 20.5. The summed E-state index contributed by atoms with van der Waals surface area (Å²) in [6, 6.07) is 6.10. The molecule has 0 spiro atoms. The van der Waals surface area contributed by atoms with Gasteiger partial charge in [-0.3, -0.25) is 15.6 Å². The van der Waals surface area contributed by atoms with Crippen molar-refractivity contribution >= 4 is 34.4 Å². The summed E-state index contributed by atoms with van der Waals surface area (Å²) in [5.74, 6) is -0.543. The minimum atomic E-state index is -1.15. The number of carbonyl (C=O) groups is 1. The van der Waals surface area contributed by atoms with E-state index in [0.29, 0.717) is 27.4 Å². The minimum absolute atomic E-state index is 0.279. The fourth-order valence-corrected chi connectivity index (χ4v) is 3.98. The van der Waals surface area contributed by atoms with Crippen LogP contribution in [0, 0.1) is 5.92 Å². The molecule has 2 aromatic heterocycles. The average molecular weight is 433 g/mol. The predicted octanol–water partition coefficient (Wildman–Crippen LogP) is 0.959. The third-order valence-electron chi connectivity index (χ3n) is 5.38. The highest BCUT2D eigenvalue weighted by Gasteiger charge is 2.46. The highest BCUT2D eigenvalue weighted by Crippen LogP contribution is 2.42. The molecule has 1 aromatic carbocycles. The highest BCUT2D eigenvalue weighted by atomic mass is 35.5. The van der Waals surface area contributed by atoms with Gasteiger partial charge >= 0.3 is 0 Å². The number of fused-ring (bicyclic) bond motifs is 1. The molecule has 1 amide bonds. The van der Waals surface area contributed by atoms with Crippen LogP contribution in [0.1, 0.15) is 31.1 Å². The molecule has 2 heterocycles. The predicted molar refractivity (Wildman–Crippen MR) is 108 cm³/mol. The van der Waals surface area contributed by atoms with Crippen LogP contribution < -0.4 is 10.9 Å². The number of rotatable bonds is 5. The van der Waals surface area contributed by atoms with Gasteiger partial charge < -0.3 is 15.3 Å². The fraction of sp³-hybridized carbons (Fsp3) is 0.368. The van der Waals surface area contributed by atoms with Crippen LogP contribution in [-0.2, 0) is 4.79 Å². The molecule has 4 rings (SSSR count). The van der Waals surface area contributed by atoms with Crippen LogP contribution in [0.15, 0.2) is 36.8 Å². The minimum Gasteiger partial charge on any atom is -0.390 e. The number of aromatic nitrogens is 4. The molecular weight excluding hydrogens is 412 g/mol. The highest BCUT2D eigenvalue weighted by molar-refractivity contribution is 6.30. The van der Waals surface area contributed by atoms with E-state index < -0.39 is 30.3 Å². The topological polar surface area (TPSA) is 145 Å². The molecule has 3 aromatic rings. The number of anilines is 1. The van der Waals surface area contributed by atoms with Crippen LogP contribution >= 0.6 is 11.6 Å². The number of hydrogen-bond donors (Lipinski definition) is 5. The number of benzene rings is 1. The van der Waals surface area contributed by atoms with E-state index in [0.717, 1.165) is 0 Å². The maximum absolute atomic E-state index is 11.2. The van der Waals surface area contributed by atoms with E-state index in [2.05, 4.69) is 25.9 Å². The lowest BCUT2D eigenvalue weighted by atomic mass is 9.92. The SMILES string of the molecule is CC(=O)NNc1ncnc2c1cnn2[C@@H]1C[C@H]([C@H](O)c2ccc(Cl)cc2)[C@@H](O)[C@H]1O. The van der Waals surface area contributed by atoms with Gasteiger partial charge in [0, 0.05) is 17.9 Å². The van der Waals surface area contributed by atoms with Gasteiger partial charge in [0.05, 0.1) is 29.8 Å². The van der Waals surface area contributed by atoms with Gasteiger partial charge in [0.2, 0.25) is 5.91 Å². The molecule has 0 radical (unpaired) electrons. The quantitative estimate of drug-likeness (QED) is 0.375. The van der Waals surface area contributed by atoms with Crippen LogP contribution in [-0.4, -0.2) is 53.2 Å². The van der Waals surface area contributed by atoms with Crippen molar-refractivity contribution in [2.45, 2.75) is 37.7 Å². The Morgan fingerprint density at radius 1 is 1.23 bits per heavy atom. The van der Waals surface area contributed by atoms with Crippen LogP contribution in [0.3, 0.4) is 0 Å². The van der Waals surface area contributed by atoms with Gasteiger partial charge in [-0.2, -0.15) is 5.10 Å². The molecule has 1 saturated carbocycles. The number of amides is 1. The smallest absolute Gasteiger partial charge is 0.235 e. The maximum Gasteiger partial charge on any atom is 0.235 e. The molecular formula is C19H21ClN6O4. The second-order valence-electron chi connectivity index (χ2n) is 7.30. The van der Waals surface area contributed by atoms with Gasteiger partial charge in [-0.05, 0) is 24.1 Å².